The normalized spacial score (nSPS) is 15.1. The molecule has 0 amide bonds. The van der Waals surface area contributed by atoms with E-state index in [-0.39, 0.29) is 12.8 Å². The molecular formula is C48H84O14P2. The lowest BCUT2D eigenvalue weighted by Crippen LogP contribution is -2.29. The van der Waals surface area contributed by atoms with Gasteiger partial charge in [-0.05, 0) is 50.9 Å². The van der Waals surface area contributed by atoms with Crippen LogP contribution in [0.1, 0.15) is 168 Å². The molecule has 0 aliphatic carbocycles. The number of phosphoric ester groups is 2. The van der Waals surface area contributed by atoms with Crippen molar-refractivity contribution in [2.24, 2.45) is 5.92 Å². The summed E-state index contributed by atoms with van der Waals surface area (Å²) in [6, 6.07) is 0. The predicted molar refractivity (Wildman–Crippen MR) is 254 cm³/mol. The summed E-state index contributed by atoms with van der Waals surface area (Å²) in [5.74, 6) is -0.346. The fourth-order valence-electron chi connectivity index (χ4n) is 6.05. The van der Waals surface area contributed by atoms with Gasteiger partial charge in [0.05, 0.1) is 25.9 Å². The third-order valence-electron chi connectivity index (χ3n) is 9.62. The summed E-state index contributed by atoms with van der Waals surface area (Å²) in [6.07, 6.45) is 42.4. The van der Waals surface area contributed by atoms with Crippen LogP contribution < -0.4 is 0 Å². The van der Waals surface area contributed by atoms with Gasteiger partial charge in [0.15, 0.2) is 6.10 Å². The SMILES string of the molecule is CC/C=C\CC(O)/C=C/C=C/C/C=C\C/C=C\C/C=C\CCC(=O)O[C@H](COC(=O)CCCCCCCCCCCCCCCCC(C)C)COP(=O)(O)OC[C@@H](O)COP(=O)(O)O. The number of ether oxygens (including phenoxy) is 2. The number of esters is 2. The predicted octanol–water partition coefficient (Wildman–Crippen LogP) is 11.4. The number of hydrogen-bond donors (Lipinski definition) is 5. The van der Waals surface area contributed by atoms with E-state index in [9.17, 15) is 33.8 Å². The maximum atomic E-state index is 12.7. The highest BCUT2D eigenvalue weighted by molar-refractivity contribution is 7.47. The van der Waals surface area contributed by atoms with Crippen molar-refractivity contribution in [2.45, 2.75) is 187 Å². The van der Waals surface area contributed by atoms with Gasteiger partial charge in [-0.15, -0.1) is 0 Å². The first-order valence-electron chi connectivity index (χ1n) is 23.6. The smallest absolute Gasteiger partial charge is 0.462 e. The van der Waals surface area contributed by atoms with Gasteiger partial charge in [0, 0.05) is 12.8 Å². The summed E-state index contributed by atoms with van der Waals surface area (Å²) in [7, 11) is -9.72. The highest BCUT2D eigenvalue weighted by atomic mass is 31.2. The summed E-state index contributed by atoms with van der Waals surface area (Å²) in [4.78, 5) is 52.8. The van der Waals surface area contributed by atoms with Crippen LogP contribution in [0.5, 0.6) is 0 Å². The Balaban J connectivity index is 4.62. The standard InChI is InChI=1S/C48H84O14P2/c1-4-5-29-35-44(49)36-31-26-22-18-14-10-8-12-16-20-24-28-33-38-48(52)62-46(42-61-64(56,57)60-40-45(50)39-59-63(53,54)55)41-58-47(51)37-32-27-23-19-15-11-7-6-9-13-17-21-25-30-34-43(2)3/h5,10,12,14,16,22,24,26,28-29,31,36,43-46,49-50H,4,6-9,11,13,15,17-21,23,25,27,30,32-35,37-42H2,1-3H3,(H,56,57)(H2,53,54,55)/b14-10-,16-12-,26-22+,28-24-,29-5-,36-31+/t44?,45-,46+/m0/s1. The van der Waals surface area contributed by atoms with Crippen molar-refractivity contribution in [3.8, 4) is 0 Å². The van der Waals surface area contributed by atoms with E-state index in [0.717, 1.165) is 44.4 Å². The van der Waals surface area contributed by atoms with E-state index in [1.807, 2.05) is 54.7 Å². The third kappa shape index (κ3) is 46.1. The molecule has 0 aliphatic rings. The summed E-state index contributed by atoms with van der Waals surface area (Å²) < 4.78 is 47.8. The van der Waals surface area contributed by atoms with Gasteiger partial charge in [0.2, 0.25) is 0 Å². The fraction of sp³-hybridized carbons (Fsp3) is 0.708. The molecule has 0 aromatic carbocycles. The van der Waals surface area contributed by atoms with Gasteiger partial charge >= 0.3 is 27.6 Å². The topological polar surface area (TPSA) is 216 Å². The second kappa shape index (κ2) is 41.9. The molecule has 64 heavy (non-hydrogen) atoms. The largest absolute Gasteiger partial charge is 0.472 e. The Morgan fingerprint density at radius 1 is 0.562 bits per heavy atom. The fourth-order valence-corrected chi connectivity index (χ4v) is 7.21. The van der Waals surface area contributed by atoms with Gasteiger partial charge in [-0.2, -0.15) is 0 Å². The lowest BCUT2D eigenvalue weighted by Gasteiger charge is -2.20. The molecule has 14 nitrogen and oxygen atoms in total. The minimum Gasteiger partial charge on any atom is -0.462 e. The molecular weight excluding hydrogens is 862 g/mol. The van der Waals surface area contributed by atoms with Crippen LogP contribution in [0.15, 0.2) is 72.9 Å². The molecule has 0 saturated carbocycles. The highest BCUT2D eigenvalue weighted by Gasteiger charge is 2.28. The van der Waals surface area contributed by atoms with Crippen molar-refractivity contribution in [1.29, 1.82) is 0 Å². The molecule has 0 spiro atoms. The lowest BCUT2D eigenvalue weighted by atomic mass is 10.0. The van der Waals surface area contributed by atoms with E-state index in [4.69, 9.17) is 23.8 Å². The van der Waals surface area contributed by atoms with Crippen LogP contribution in [-0.4, -0.2) is 81.6 Å². The zero-order valence-electron chi connectivity index (χ0n) is 39.1. The number of carbonyl (C=O) groups excluding carboxylic acids is 2. The molecule has 0 heterocycles. The molecule has 0 fully saturated rings. The maximum absolute atomic E-state index is 12.7. The zero-order valence-corrected chi connectivity index (χ0v) is 40.9. The average Bonchev–Trinajstić information content (AvgIpc) is 3.24. The van der Waals surface area contributed by atoms with Gasteiger partial charge in [0.25, 0.3) is 0 Å². The van der Waals surface area contributed by atoms with Gasteiger partial charge in [0.1, 0.15) is 12.7 Å². The number of phosphoric acid groups is 2. The molecule has 0 bridgehead atoms. The number of unbranched alkanes of at least 4 members (excludes halogenated alkanes) is 13. The molecule has 0 aromatic heterocycles. The van der Waals surface area contributed by atoms with Crippen LogP contribution in [-0.2, 0) is 41.8 Å². The summed E-state index contributed by atoms with van der Waals surface area (Å²) in [5.41, 5.74) is 0. The number of hydrogen-bond acceptors (Lipinski definition) is 11. The third-order valence-corrected chi connectivity index (χ3v) is 11.1. The van der Waals surface area contributed by atoms with Gasteiger partial charge < -0.3 is 34.4 Å². The molecule has 0 aromatic rings. The van der Waals surface area contributed by atoms with Crippen molar-refractivity contribution in [1.82, 2.24) is 0 Å². The second-order valence-electron chi connectivity index (χ2n) is 16.3. The van der Waals surface area contributed by atoms with Crippen molar-refractivity contribution >= 4 is 27.6 Å². The first kappa shape index (κ1) is 61.5. The zero-order chi connectivity index (χ0) is 47.6. The van der Waals surface area contributed by atoms with E-state index < -0.39 is 72.3 Å². The van der Waals surface area contributed by atoms with Crippen molar-refractivity contribution < 1.29 is 66.7 Å². The van der Waals surface area contributed by atoms with Crippen LogP contribution >= 0.6 is 15.6 Å². The van der Waals surface area contributed by atoms with Crippen LogP contribution in [0.3, 0.4) is 0 Å². The molecule has 0 rings (SSSR count). The first-order chi connectivity index (χ1) is 30.6. The quantitative estimate of drug-likeness (QED) is 0.0126. The Morgan fingerprint density at radius 2 is 1.08 bits per heavy atom. The van der Waals surface area contributed by atoms with E-state index >= 15 is 0 Å². The average molecular weight is 947 g/mol. The minimum absolute atomic E-state index is 0.0112. The second-order valence-corrected chi connectivity index (χ2v) is 19.0. The number of aliphatic hydroxyl groups is 2. The van der Waals surface area contributed by atoms with E-state index in [1.165, 1.54) is 70.6 Å². The number of allylic oxidation sites excluding steroid dienone is 10. The van der Waals surface area contributed by atoms with Gasteiger partial charge in [-0.1, -0.05) is 184 Å². The summed E-state index contributed by atoms with van der Waals surface area (Å²) in [6.45, 7) is 3.80. The molecule has 0 aliphatic heterocycles. The van der Waals surface area contributed by atoms with E-state index in [2.05, 4.69) is 42.0 Å². The molecule has 0 saturated heterocycles. The number of rotatable bonds is 43. The van der Waals surface area contributed by atoms with Crippen LogP contribution in [0.2, 0.25) is 0 Å². The van der Waals surface area contributed by atoms with Gasteiger partial charge in [-0.25, -0.2) is 9.13 Å². The lowest BCUT2D eigenvalue weighted by molar-refractivity contribution is -0.161. The van der Waals surface area contributed by atoms with Crippen molar-refractivity contribution in [3.63, 3.8) is 0 Å². The van der Waals surface area contributed by atoms with Crippen molar-refractivity contribution in [2.75, 3.05) is 26.4 Å². The van der Waals surface area contributed by atoms with Gasteiger partial charge in [-0.3, -0.25) is 23.2 Å². The Hall–Kier alpha value is -2.48. The molecule has 0 radical (unpaired) electrons. The monoisotopic (exact) mass is 947 g/mol. The summed E-state index contributed by atoms with van der Waals surface area (Å²) in [5, 5.41) is 19.6. The minimum atomic E-state index is -4.88. The van der Waals surface area contributed by atoms with Crippen molar-refractivity contribution in [3.05, 3.63) is 72.9 Å². The van der Waals surface area contributed by atoms with E-state index in [0.29, 0.717) is 25.7 Å². The molecule has 2 unspecified atom stereocenters. The van der Waals surface area contributed by atoms with Crippen LogP contribution in [0.4, 0.5) is 0 Å². The highest BCUT2D eigenvalue weighted by Crippen LogP contribution is 2.43. The number of aliphatic hydroxyl groups excluding tert-OH is 2. The molecule has 370 valence electrons. The first-order valence-corrected chi connectivity index (χ1v) is 26.6. The summed E-state index contributed by atoms with van der Waals surface area (Å²) >= 11 is 0. The molecule has 4 atom stereocenters. The molecule has 5 N–H and O–H groups in total. The van der Waals surface area contributed by atoms with Crippen LogP contribution in [0.25, 0.3) is 0 Å². The molecule has 16 heteroatoms. The Morgan fingerprint density at radius 3 is 1.64 bits per heavy atom. The van der Waals surface area contributed by atoms with E-state index in [1.54, 1.807) is 6.08 Å². The Kier molecular flexibility index (Phi) is 40.3. The maximum Gasteiger partial charge on any atom is 0.472 e. The Bertz CT molecular complexity index is 1430. The van der Waals surface area contributed by atoms with Crippen LogP contribution in [0, 0.1) is 5.92 Å². The Labute approximate surface area is 385 Å². The number of carbonyl (C=O) groups is 2.